The molecule has 3 heteroatoms. The Morgan fingerprint density at radius 1 is 1.00 bits per heavy atom. The van der Waals surface area contributed by atoms with Gasteiger partial charge in [-0.2, -0.15) is 0 Å². The second-order valence-corrected chi connectivity index (χ2v) is 1.02. The molecule has 0 aliphatic carbocycles. The van der Waals surface area contributed by atoms with Gasteiger partial charge in [0.25, 0.3) is 0 Å². The second-order valence-electron chi connectivity index (χ2n) is 1.02. The molecule has 0 saturated carbocycles. The summed E-state index contributed by atoms with van der Waals surface area (Å²) in [6.07, 6.45) is 3.50. The zero-order chi connectivity index (χ0) is 6.24. The first-order valence-electron chi connectivity index (χ1n) is 2.14. The van der Waals surface area contributed by atoms with Gasteiger partial charge in [0, 0.05) is 12.4 Å². The van der Waals surface area contributed by atoms with Crippen LogP contribution >= 0.6 is 0 Å². The highest BCUT2D eigenvalue weighted by molar-refractivity contribution is 5.75. The van der Waals surface area contributed by atoms with E-state index in [2.05, 4.69) is 4.98 Å². The van der Waals surface area contributed by atoms with E-state index in [0.29, 0.717) is 0 Å². The van der Waals surface area contributed by atoms with Gasteiger partial charge in [-0.1, -0.05) is 6.07 Å². The monoisotopic (exact) mass is 123 g/mol. The molecule has 0 radical (unpaired) electrons. The number of pyridine rings is 1. The molecule has 0 bridgehead atoms. The Hall–Kier alpha value is -1.12. The van der Waals surface area contributed by atoms with E-state index in [-0.39, 0.29) is 8.41 Å². The van der Waals surface area contributed by atoms with Crippen LogP contribution in [-0.2, 0) is 4.79 Å². The number of rotatable bonds is 0. The molecule has 0 aromatic carbocycles. The van der Waals surface area contributed by atoms with E-state index in [0.717, 1.165) is 0 Å². The lowest BCUT2D eigenvalue weighted by Gasteiger charge is -1.70. The Kier molecular flexibility index (Phi) is 12.0. The predicted molar refractivity (Wildman–Crippen MR) is 41.3 cm³/mol. The maximum absolute atomic E-state index is 8.00. The van der Waals surface area contributed by atoms with Gasteiger partial charge in [-0.3, -0.25) is 4.98 Å². The molecule has 0 fully saturated rings. The first kappa shape index (κ1) is 10.8. The number of hydrogen-bond acceptors (Lipinski definition) is 2. The maximum Gasteiger partial charge on any atom is 0.106 e. The van der Waals surface area contributed by atoms with Crippen LogP contribution < -0.4 is 0 Å². The van der Waals surface area contributed by atoms with Crippen molar-refractivity contribution in [2.24, 2.45) is 0 Å². The van der Waals surface area contributed by atoms with Gasteiger partial charge in [-0.25, -0.2) is 0 Å². The molecule has 0 amide bonds. The summed E-state index contributed by atoms with van der Waals surface area (Å²) in [6.45, 7) is 2.00. The van der Waals surface area contributed by atoms with Gasteiger partial charge in [0.15, 0.2) is 0 Å². The largest absolute Gasteiger partial charge is 0.307 e. The van der Waals surface area contributed by atoms with Crippen LogP contribution in [0.5, 0.6) is 0 Å². The van der Waals surface area contributed by atoms with Crippen molar-refractivity contribution in [2.45, 2.75) is 0 Å². The van der Waals surface area contributed by atoms with Crippen LogP contribution in [0.3, 0.4) is 0 Å². The standard InChI is InChI=1S/C5H5N.CH2O.BH3/c1-2-4-6-5-3-1;1-2;/h1-5H;1H2;1H3. The lowest BCUT2D eigenvalue weighted by molar-refractivity contribution is -0.0979. The van der Waals surface area contributed by atoms with E-state index >= 15 is 0 Å². The zero-order valence-corrected chi connectivity index (χ0v) is 4.45. The number of hydrogen-bond donors (Lipinski definition) is 0. The van der Waals surface area contributed by atoms with Crippen molar-refractivity contribution >= 4 is 15.2 Å². The Morgan fingerprint density at radius 3 is 1.56 bits per heavy atom. The molecule has 0 N–H and O–H groups in total. The summed E-state index contributed by atoms with van der Waals surface area (Å²) in [7, 11) is 0. The predicted octanol–water partition coefficient (Wildman–Crippen LogP) is -0.287. The third-order valence-electron chi connectivity index (χ3n) is 0.566. The molecule has 0 spiro atoms. The summed E-state index contributed by atoms with van der Waals surface area (Å²) in [5.41, 5.74) is 0. The van der Waals surface area contributed by atoms with Crippen molar-refractivity contribution in [3.8, 4) is 0 Å². The van der Waals surface area contributed by atoms with E-state index in [1.807, 2.05) is 25.0 Å². The average Bonchev–Trinajstić information content (AvgIpc) is 1.96. The van der Waals surface area contributed by atoms with Gasteiger partial charge >= 0.3 is 0 Å². The number of nitrogens with zero attached hydrogens (tertiary/aromatic N) is 1. The van der Waals surface area contributed by atoms with Crippen molar-refractivity contribution in [3.63, 3.8) is 0 Å². The molecular formula is C6H10BNO. The summed E-state index contributed by atoms with van der Waals surface area (Å²) in [5, 5.41) is 0. The fraction of sp³-hybridized carbons (Fsp3) is 0. The highest BCUT2D eigenvalue weighted by Crippen LogP contribution is 1.73. The third kappa shape index (κ3) is 6.88. The first-order valence-corrected chi connectivity index (χ1v) is 2.14. The molecule has 0 saturated heterocycles. The highest BCUT2D eigenvalue weighted by atomic mass is 16.1. The summed E-state index contributed by atoms with van der Waals surface area (Å²) >= 11 is 0. The number of carbonyl (C=O) groups is 1. The van der Waals surface area contributed by atoms with Gasteiger partial charge < -0.3 is 4.79 Å². The molecule has 2 nitrogen and oxygen atoms in total. The van der Waals surface area contributed by atoms with Gasteiger partial charge in [0.2, 0.25) is 0 Å². The molecule has 1 aromatic heterocycles. The van der Waals surface area contributed by atoms with Gasteiger partial charge in [-0.05, 0) is 12.1 Å². The minimum absolute atomic E-state index is 0. The maximum atomic E-state index is 8.00. The van der Waals surface area contributed by atoms with Gasteiger partial charge in [0.1, 0.15) is 6.79 Å². The van der Waals surface area contributed by atoms with Crippen LogP contribution in [0.25, 0.3) is 0 Å². The lowest BCUT2D eigenvalue weighted by Crippen LogP contribution is -1.58. The van der Waals surface area contributed by atoms with Crippen molar-refractivity contribution < 1.29 is 4.79 Å². The topological polar surface area (TPSA) is 30.0 Å². The molecule has 0 aliphatic heterocycles. The molecular weight excluding hydrogens is 113 g/mol. The minimum Gasteiger partial charge on any atom is -0.307 e. The van der Waals surface area contributed by atoms with E-state index in [9.17, 15) is 0 Å². The Morgan fingerprint density at radius 2 is 1.44 bits per heavy atom. The summed E-state index contributed by atoms with van der Waals surface area (Å²) in [6, 6.07) is 5.72. The molecule has 0 unspecified atom stereocenters. The Bertz CT molecular complexity index is 95.9. The van der Waals surface area contributed by atoms with Crippen LogP contribution in [-0.4, -0.2) is 20.2 Å². The summed E-state index contributed by atoms with van der Waals surface area (Å²) < 4.78 is 0. The number of aromatic nitrogens is 1. The van der Waals surface area contributed by atoms with E-state index < -0.39 is 0 Å². The van der Waals surface area contributed by atoms with Gasteiger partial charge in [0.05, 0.1) is 8.41 Å². The summed E-state index contributed by atoms with van der Waals surface area (Å²) in [4.78, 5) is 11.8. The molecule has 0 aliphatic rings. The van der Waals surface area contributed by atoms with Crippen LogP contribution in [0, 0.1) is 0 Å². The quantitative estimate of drug-likeness (QED) is 0.444. The van der Waals surface area contributed by atoms with Gasteiger partial charge in [-0.15, -0.1) is 0 Å². The smallest absolute Gasteiger partial charge is 0.106 e. The van der Waals surface area contributed by atoms with Crippen molar-refractivity contribution in [2.75, 3.05) is 0 Å². The molecule has 9 heavy (non-hydrogen) atoms. The number of carbonyl (C=O) groups excluding carboxylic acids is 1. The zero-order valence-electron chi connectivity index (χ0n) is 4.45. The van der Waals surface area contributed by atoms with Crippen LogP contribution in [0.4, 0.5) is 0 Å². The van der Waals surface area contributed by atoms with Crippen molar-refractivity contribution in [1.29, 1.82) is 0 Å². The van der Waals surface area contributed by atoms with E-state index in [1.54, 1.807) is 12.4 Å². The van der Waals surface area contributed by atoms with Crippen LogP contribution in [0.15, 0.2) is 30.6 Å². The first-order chi connectivity index (χ1) is 4.00. The highest BCUT2D eigenvalue weighted by Gasteiger charge is 1.58. The molecule has 1 aromatic rings. The normalized spacial score (nSPS) is 5.78. The van der Waals surface area contributed by atoms with Crippen molar-refractivity contribution in [1.82, 2.24) is 4.98 Å². The fourth-order valence-corrected chi connectivity index (χ4v) is 0.313. The third-order valence-corrected chi connectivity index (χ3v) is 0.566. The molecule has 48 valence electrons. The second kappa shape index (κ2) is 9.99. The minimum atomic E-state index is 0. The molecule has 0 atom stereocenters. The van der Waals surface area contributed by atoms with Crippen LogP contribution in [0.2, 0.25) is 0 Å². The van der Waals surface area contributed by atoms with Crippen molar-refractivity contribution in [3.05, 3.63) is 30.6 Å². The average molecular weight is 123 g/mol. The summed E-state index contributed by atoms with van der Waals surface area (Å²) in [5.74, 6) is 0. The molecule has 1 rings (SSSR count). The van der Waals surface area contributed by atoms with Crippen LogP contribution in [0.1, 0.15) is 0 Å². The Balaban J connectivity index is 0. The molecule has 1 heterocycles. The Labute approximate surface area is 56.5 Å². The lowest BCUT2D eigenvalue weighted by atomic mass is 10.5. The SMILES string of the molecule is B.C=O.c1ccncc1. The fourth-order valence-electron chi connectivity index (χ4n) is 0.313. The van der Waals surface area contributed by atoms with E-state index in [4.69, 9.17) is 4.79 Å². The van der Waals surface area contributed by atoms with E-state index in [1.165, 1.54) is 0 Å².